The van der Waals surface area contributed by atoms with Crippen LogP contribution in [0.5, 0.6) is 0 Å². The van der Waals surface area contributed by atoms with E-state index in [0.717, 1.165) is 52.1 Å². The van der Waals surface area contributed by atoms with Crippen molar-refractivity contribution in [3.05, 3.63) is 0 Å². The van der Waals surface area contributed by atoms with Gasteiger partial charge in [-0.05, 0) is 52.5 Å². The molecule has 0 bridgehead atoms. The van der Waals surface area contributed by atoms with Crippen LogP contribution in [0.25, 0.3) is 0 Å². The molecule has 2 N–H and O–H groups in total. The molecule has 0 aromatic carbocycles. The first kappa shape index (κ1) is 16.2. The van der Waals surface area contributed by atoms with Gasteiger partial charge in [0.25, 0.3) is 0 Å². The zero-order valence-electron chi connectivity index (χ0n) is 13.5. The Bertz CT molecular complexity index is 311. The molecule has 4 heteroatoms. The van der Waals surface area contributed by atoms with Crippen molar-refractivity contribution in [1.29, 1.82) is 0 Å². The second-order valence-corrected chi connectivity index (χ2v) is 6.67. The summed E-state index contributed by atoms with van der Waals surface area (Å²) in [6.07, 6.45) is 5.94. The molecule has 2 heterocycles. The standard InChI is InChI=1S/C16H32N2O2/c1-4-15(3)12-16(13-17,8-10-20-15)18-9-6-7-14(11-18)19-5-2/h14H,4-13,17H2,1-3H3. The number of hydrogen-bond donors (Lipinski definition) is 1. The van der Waals surface area contributed by atoms with Crippen LogP contribution in [0.4, 0.5) is 0 Å². The van der Waals surface area contributed by atoms with E-state index in [1.54, 1.807) is 0 Å². The quantitative estimate of drug-likeness (QED) is 0.840. The van der Waals surface area contributed by atoms with Gasteiger partial charge in [-0.15, -0.1) is 0 Å². The Morgan fingerprint density at radius 3 is 2.85 bits per heavy atom. The summed E-state index contributed by atoms with van der Waals surface area (Å²) in [5.41, 5.74) is 6.32. The van der Waals surface area contributed by atoms with Crippen molar-refractivity contribution in [2.24, 2.45) is 5.73 Å². The van der Waals surface area contributed by atoms with Gasteiger partial charge in [0.2, 0.25) is 0 Å². The summed E-state index contributed by atoms with van der Waals surface area (Å²) >= 11 is 0. The average molecular weight is 284 g/mol. The van der Waals surface area contributed by atoms with Crippen molar-refractivity contribution in [3.63, 3.8) is 0 Å². The minimum absolute atomic E-state index is 0.0177. The maximum absolute atomic E-state index is 6.23. The van der Waals surface area contributed by atoms with Crippen molar-refractivity contribution in [2.75, 3.05) is 32.8 Å². The molecule has 0 aliphatic carbocycles. The van der Waals surface area contributed by atoms with E-state index in [1.165, 1.54) is 12.8 Å². The van der Waals surface area contributed by atoms with Crippen molar-refractivity contribution in [3.8, 4) is 0 Å². The predicted molar refractivity (Wildman–Crippen MR) is 81.9 cm³/mol. The van der Waals surface area contributed by atoms with Gasteiger partial charge in [0.1, 0.15) is 0 Å². The highest BCUT2D eigenvalue weighted by atomic mass is 16.5. The highest BCUT2D eigenvalue weighted by Gasteiger charge is 2.46. The lowest BCUT2D eigenvalue weighted by Crippen LogP contribution is -2.63. The Balaban J connectivity index is 2.09. The van der Waals surface area contributed by atoms with E-state index in [2.05, 4.69) is 25.7 Å². The van der Waals surface area contributed by atoms with Gasteiger partial charge in [-0.25, -0.2) is 0 Å². The lowest BCUT2D eigenvalue weighted by atomic mass is 9.77. The van der Waals surface area contributed by atoms with E-state index in [4.69, 9.17) is 15.2 Å². The van der Waals surface area contributed by atoms with Gasteiger partial charge in [-0.2, -0.15) is 0 Å². The maximum Gasteiger partial charge on any atom is 0.0702 e. The first-order valence-corrected chi connectivity index (χ1v) is 8.28. The molecule has 0 aromatic rings. The van der Waals surface area contributed by atoms with Crippen LogP contribution in [0.15, 0.2) is 0 Å². The molecule has 20 heavy (non-hydrogen) atoms. The highest BCUT2D eigenvalue weighted by molar-refractivity contribution is 5.01. The zero-order chi connectivity index (χ0) is 14.6. The van der Waals surface area contributed by atoms with Gasteiger partial charge < -0.3 is 15.2 Å². The molecule has 0 spiro atoms. The summed E-state index contributed by atoms with van der Waals surface area (Å²) in [6, 6.07) is 0. The molecule has 2 rings (SSSR count). The van der Waals surface area contributed by atoms with Crippen LogP contribution in [0.3, 0.4) is 0 Å². The first-order valence-electron chi connectivity index (χ1n) is 8.28. The third-order valence-electron chi connectivity index (χ3n) is 5.30. The molecule has 4 nitrogen and oxygen atoms in total. The van der Waals surface area contributed by atoms with Gasteiger partial charge >= 0.3 is 0 Å². The average Bonchev–Trinajstić information content (AvgIpc) is 2.48. The summed E-state index contributed by atoms with van der Waals surface area (Å²) in [5, 5.41) is 0. The summed E-state index contributed by atoms with van der Waals surface area (Å²) < 4.78 is 11.9. The van der Waals surface area contributed by atoms with Crippen LogP contribution in [0.2, 0.25) is 0 Å². The van der Waals surface area contributed by atoms with E-state index >= 15 is 0 Å². The SMILES string of the molecule is CCOC1CCCN(C2(CN)CCOC(C)(CC)C2)C1. The number of piperidine rings is 1. The smallest absolute Gasteiger partial charge is 0.0702 e. The first-order chi connectivity index (χ1) is 9.57. The monoisotopic (exact) mass is 284 g/mol. The minimum atomic E-state index is -0.0177. The summed E-state index contributed by atoms with van der Waals surface area (Å²) in [4.78, 5) is 2.60. The molecule has 3 unspecified atom stereocenters. The van der Waals surface area contributed by atoms with Crippen molar-refractivity contribution < 1.29 is 9.47 Å². The molecule has 3 atom stereocenters. The minimum Gasteiger partial charge on any atom is -0.377 e. The number of nitrogens with zero attached hydrogens (tertiary/aromatic N) is 1. The second kappa shape index (κ2) is 6.73. The van der Waals surface area contributed by atoms with Crippen LogP contribution >= 0.6 is 0 Å². The Kier molecular flexibility index (Phi) is 5.46. The van der Waals surface area contributed by atoms with E-state index < -0.39 is 0 Å². The largest absolute Gasteiger partial charge is 0.377 e. The Hall–Kier alpha value is -0.160. The molecule has 0 radical (unpaired) electrons. The van der Waals surface area contributed by atoms with Crippen molar-refractivity contribution in [1.82, 2.24) is 4.90 Å². The summed E-state index contributed by atoms with van der Waals surface area (Å²) in [5.74, 6) is 0. The molecular formula is C16H32N2O2. The predicted octanol–water partition coefficient (Wildman–Crippen LogP) is 2.16. The fourth-order valence-electron chi connectivity index (χ4n) is 3.86. The van der Waals surface area contributed by atoms with E-state index in [-0.39, 0.29) is 11.1 Å². The normalized spacial score (nSPS) is 39.9. The fraction of sp³-hybridized carbons (Fsp3) is 1.00. The molecular weight excluding hydrogens is 252 g/mol. The Morgan fingerprint density at radius 1 is 1.40 bits per heavy atom. The van der Waals surface area contributed by atoms with Crippen LogP contribution in [-0.4, -0.2) is 55.0 Å². The Labute approximate surface area is 124 Å². The summed E-state index contributed by atoms with van der Waals surface area (Å²) in [6.45, 7) is 11.1. The number of ether oxygens (including phenoxy) is 2. The van der Waals surface area contributed by atoms with Gasteiger partial charge in [0.05, 0.1) is 11.7 Å². The van der Waals surface area contributed by atoms with Gasteiger partial charge in [0.15, 0.2) is 0 Å². The van der Waals surface area contributed by atoms with E-state index in [1.807, 2.05) is 0 Å². The third-order valence-corrected chi connectivity index (χ3v) is 5.30. The van der Waals surface area contributed by atoms with Crippen LogP contribution in [0, 0.1) is 0 Å². The van der Waals surface area contributed by atoms with Crippen LogP contribution in [0.1, 0.15) is 52.9 Å². The number of likely N-dealkylation sites (tertiary alicyclic amines) is 1. The van der Waals surface area contributed by atoms with Crippen molar-refractivity contribution in [2.45, 2.75) is 70.1 Å². The van der Waals surface area contributed by atoms with Crippen molar-refractivity contribution >= 4 is 0 Å². The number of rotatable bonds is 5. The van der Waals surface area contributed by atoms with Crippen LogP contribution < -0.4 is 5.73 Å². The summed E-state index contributed by atoms with van der Waals surface area (Å²) in [7, 11) is 0. The molecule has 2 aliphatic heterocycles. The Morgan fingerprint density at radius 2 is 2.20 bits per heavy atom. The topological polar surface area (TPSA) is 47.7 Å². The maximum atomic E-state index is 6.23. The number of hydrogen-bond acceptors (Lipinski definition) is 4. The van der Waals surface area contributed by atoms with Gasteiger partial charge in [0, 0.05) is 31.8 Å². The molecule has 2 saturated heterocycles. The molecule has 0 aromatic heterocycles. The molecule has 2 aliphatic rings. The molecule has 118 valence electrons. The van der Waals surface area contributed by atoms with E-state index in [0.29, 0.717) is 6.10 Å². The van der Waals surface area contributed by atoms with Crippen LogP contribution in [-0.2, 0) is 9.47 Å². The highest BCUT2D eigenvalue weighted by Crippen LogP contribution is 2.39. The molecule has 0 saturated carbocycles. The lowest BCUT2D eigenvalue weighted by molar-refractivity contribution is -0.141. The van der Waals surface area contributed by atoms with E-state index in [9.17, 15) is 0 Å². The number of nitrogens with two attached hydrogens (primary N) is 1. The zero-order valence-corrected chi connectivity index (χ0v) is 13.5. The lowest BCUT2D eigenvalue weighted by Gasteiger charge is -2.53. The van der Waals surface area contributed by atoms with Gasteiger partial charge in [-0.3, -0.25) is 4.90 Å². The second-order valence-electron chi connectivity index (χ2n) is 6.67. The molecule has 2 fully saturated rings. The molecule has 0 amide bonds. The van der Waals surface area contributed by atoms with Gasteiger partial charge in [-0.1, -0.05) is 6.92 Å². The fourth-order valence-corrected chi connectivity index (χ4v) is 3.86. The third kappa shape index (κ3) is 3.35.